The van der Waals surface area contributed by atoms with Gasteiger partial charge in [-0.2, -0.15) is 4.98 Å². The number of carbonyl (C=O) groups is 1. The molecule has 2 aromatic heterocycles. The van der Waals surface area contributed by atoms with E-state index in [1.54, 1.807) is 25.3 Å². The summed E-state index contributed by atoms with van der Waals surface area (Å²) < 4.78 is 0. The summed E-state index contributed by atoms with van der Waals surface area (Å²) in [5.41, 5.74) is 0. The lowest BCUT2D eigenvalue weighted by Crippen LogP contribution is -2.35. The lowest BCUT2D eigenvalue weighted by molar-refractivity contribution is -0.121. The number of hydrogen-bond acceptors (Lipinski definition) is 6. The Balaban J connectivity index is 2.29. The molecular weight excluding hydrogens is 274 g/mol. The van der Waals surface area contributed by atoms with E-state index >= 15 is 0 Å². The van der Waals surface area contributed by atoms with Gasteiger partial charge < -0.3 is 16.0 Å². The van der Waals surface area contributed by atoms with Gasteiger partial charge in [-0.3, -0.25) is 4.79 Å². The fourth-order valence-electron chi connectivity index (χ4n) is 1.77. The normalized spacial score (nSPS) is 12.2. The van der Waals surface area contributed by atoms with Crippen molar-refractivity contribution in [2.75, 3.05) is 24.2 Å². The predicted molar refractivity (Wildman–Crippen MR) is 83.3 cm³/mol. The van der Waals surface area contributed by atoms with Gasteiger partial charge in [0.05, 0.1) is 5.39 Å². The number of likely N-dealkylation sites (N-methyl/N-ethyl adjacent to an activating group) is 1. The zero-order chi connectivity index (χ0) is 14.5. The Kier molecular flexibility index (Phi) is 4.73. The lowest BCUT2D eigenvalue weighted by atomic mass is 10.3. The first kappa shape index (κ1) is 14.5. The summed E-state index contributed by atoms with van der Waals surface area (Å²) in [4.78, 5) is 21.4. The minimum Gasteiger partial charge on any atom is -0.358 e. The third-order valence-electron chi connectivity index (χ3n) is 2.85. The van der Waals surface area contributed by atoms with E-state index < -0.39 is 0 Å². The van der Waals surface area contributed by atoms with Crippen molar-refractivity contribution in [3.05, 3.63) is 11.4 Å². The Morgan fingerprint density at radius 1 is 1.45 bits per heavy atom. The number of thiophene rings is 1. The number of hydrogen-bond donors (Lipinski definition) is 3. The van der Waals surface area contributed by atoms with Crippen LogP contribution in [0.2, 0.25) is 0 Å². The van der Waals surface area contributed by atoms with Gasteiger partial charge in [-0.25, -0.2) is 4.98 Å². The molecular formula is C13H19N5OS. The number of anilines is 2. The van der Waals surface area contributed by atoms with E-state index in [4.69, 9.17) is 0 Å². The number of nitrogens with zero attached hydrogens (tertiary/aromatic N) is 2. The van der Waals surface area contributed by atoms with Crippen LogP contribution in [0.15, 0.2) is 11.4 Å². The smallest absolute Gasteiger partial charge is 0.241 e. The number of fused-ring (bicyclic) bond motifs is 1. The van der Waals surface area contributed by atoms with Crippen LogP contribution in [0.4, 0.5) is 11.8 Å². The van der Waals surface area contributed by atoms with E-state index in [9.17, 15) is 4.79 Å². The standard InChI is InChI=1S/C13H19N5OS/c1-4-6-15-13-17-10(16-8(2)11(19)14-3)9-5-7-20-12(9)18-13/h5,7-8H,4,6H2,1-3H3,(H,14,19)(H2,15,16,17,18). The fourth-order valence-corrected chi connectivity index (χ4v) is 2.53. The molecule has 0 radical (unpaired) electrons. The minimum absolute atomic E-state index is 0.0740. The second kappa shape index (κ2) is 6.51. The molecule has 108 valence electrons. The largest absolute Gasteiger partial charge is 0.358 e. The van der Waals surface area contributed by atoms with Crippen LogP contribution in [0.3, 0.4) is 0 Å². The van der Waals surface area contributed by atoms with Crippen molar-refractivity contribution >= 4 is 39.2 Å². The van der Waals surface area contributed by atoms with Crippen LogP contribution in [0.5, 0.6) is 0 Å². The van der Waals surface area contributed by atoms with E-state index in [-0.39, 0.29) is 11.9 Å². The zero-order valence-electron chi connectivity index (χ0n) is 11.9. The van der Waals surface area contributed by atoms with Gasteiger partial charge in [0.15, 0.2) is 0 Å². The Bertz CT molecular complexity index is 597. The van der Waals surface area contributed by atoms with Gasteiger partial charge in [0.2, 0.25) is 11.9 Å². The SMILES string of the molecule is CCCNc1nc(NC(C)C(=O)NC)c2ccsc2n1. The highest BCUT2D eigenvalue weighted by molar-refractivity contribution is 7.16. The fraction of sp³-hybridized carbons (Fsp3) is 0.462. The zero-order valence-corrected chi connectivity index (χ0v) is 12.7. The lowest BCUT2D eigenvalue weighted by Gasteiger charge is -2.14. The Morgan fingerprint density at radius 3 is 2.95 bits per heavy atom. The van der Waals surface area contributed by atoms with Crippen LogP contribution in [-0.2, 0) is 4.79 Å². The van der Waals surface area contributed by atoms with Crippen molar-refractivity contribution in [3.8, 4) is 0 Å². The van der Waals surface area contributed by atoms with Crippen LogP contribution >= 0.6 is 11.3 Å². The van der Waals surface area contributed by atoms with E-state index in [0.717, 1.165) is 23.2 Å². The van der Waals surface area contributed by atoms with E-state index in [1.165, 1.54) is 0 Å². The average Bonchev–Trinajstić information content (AvgIpc) is 2.92. The van der Waals surface area contributed by atoms with Gasteiger partial charge in [-0.15, -0.1) is 11.3 Å². The maximum atomic E-state index is 11.6. The highest BCUT2D eigenvalue weighted by atomic mass is 32.1. The summed E-state index contributed by atoms with van der Waals surface area (Å²) in [6.07, 6.45) is 1.00. The topological polar surface area (TPSA) is 78.9 Å². The molecule has 0 aliphatic heterocycles. The number of amides is 1. The van der Waals surface area contributed by atoms with Gasteiger partial charge >= 0.3 is 0 Å². The molecule has 0 fully saturated rings. The quantitative estimate of drug-likeness (QED) is 0.760. The highest BCUT2D eigenvalue weighted by Gasteiger charge is 2.15. The van der Waals surface area contributed by atoms with Crippen LogP contribution in [0.1, 0.15) is 20.3 Å². The van der Waals surface area contributed by atoms with Crippen molar-refractivity contribution in [2.24, 2.45) is 0 Å². The molecule has 7 heteroatoms. The van der Waals surface area contributed by atoms with E-state index in [2.05, 4.69) is 32.8 Å². The number of rotatable bonds is 6. The van der Waals surface area contributed by atoms with Gasteiger partial charge in [0, 0.05) is 13.6 Å². The monoisotopic (exact) mass is 293 g/mol. The molecule has 0 spiro atoms. The maximum absolute atomic E-state index is 11.6. The summed E-state index contributed by atoms with van der Waals surface area (Å²) in [6.45, 7) is 4.71. The average molecular weight is 293 g/mol. The Hall–Kier alpha value is -1.89. The van der Waals surface area contributed by atoms with Crippen LogP contribution in [-0.4, -0.2) is 35.5 Å². The highest BCUT2D eigenvalue weighted by Crippen LogP contribution is 2.26. The third kappa shape index (κ3) is 3.16. The van der Waals surface area contributed by atoms with Crippen molar-refractivity contribution in [1.82, 2.24) is 15.3 Å². The molecule has 0 aliphatic rings. The molecule has 2 aromatic rings. The molecule has 0 aliphatic carbocycles. The summed E-state index contributed by atoms with van der Waals surface area (Å²) in [6, 6.07) is 1.61. The van der Waals surface area contributed by atoms with Crippen molar-refractivity contribution in [2.45, 2.75) is 26.3 Å². The molecule has 20 heavy (non-hydrogen) atoms. The summed E-state index contributed by atoms with van der Waals surface area (Å²) in [7, 11) is 1.62. The second-order valence-corrected chi connectivity index (χ2v) is 5.34. The molecule has 0 aromatic carbocycles. The van der Waals surface area contributed by atoms with E-state index in [0.29, 0.717) is 11.8 Å². The van der Waals surface area contributed by atoms with Gasteiger partial charge in [0.25, 0.3) is 0 Å². The molecule has 6 nitrogen and oxygen atoms in total. The third-order valence-corrected chi connectivity index (χ3v) is 3.66. The first-order valence-corrected chi connectivity index (χ1v) is 7.51. The van der Waals surface area contributed by atoms with Crippen molar-refractivity contribution < 1.29 is 4.79 Å². The van der Waals surface area contributed by atoms with Gasteiger partial charge in [-0.05, 0) is 24.8 Å². The van der Waals surface area contributed by atoms with Crippen molar-refractivity contribution in [1.29, 1.82) is 0 Å². The van der Waals surface area contributed by atoms with E-state index in [1.807, 2.05) is 11.4 Å². The summed E-state index contributed by atoms with van der Waals surface area (Å²) in [5, 5.41) is 11.8. The first-order valence-electron chi connectivity index (χ1n) is 6.63. The van der Waals surface area contributed by atoms with Crippen LogP contribution < -0.4 is 16.0 Å². The number of nitrogens with one attached hydrogen (secondary N) is 3. The summed E-state index contributed by atoms with van der Waals surface area (Å²) >= 11 is 1.56. The Labute approximate surface area is 122 Å². The Morgan fingerprint density at radius 2 is 2.25 bits per heavy atom. The molecule has 1 unspecified atom stereocenters. The molecule has 0 saturated carbocycles. The van der Waals surface area contributed by atoms with Gasteiger partial charge in [0.1, 0.15) is 16.7 Å². The molecule has 3 N–H and O–H groups in total. The molecule has 1 atom stereocenters. The molecule has 2 rings (SSSR count). The minimum atomic E-state index is -0.350. The molecule has 1 amide bonds. The van der Waals surface area contributed by atoms with Gasteiger partial charge in [-0.1, -0.05) is 6.92 Å². The van der Waals surface area contributed by atoms with Crippen molar-refractivity contribution in [3.63, 3.8) is 0 Å². The molecule has 0 saturated heterocycles. The second-order valence-electron chi connectivity index (χ2n) is 4.44. The van der Waals surface area contributed by atoms with Crippen LogP contribution in [0.25, 0.3) is 10.2 Å². The molecule has 2 heterocycles. The van der Waals surface area contributed by atoms with Crippen LogP contribution in [0, 0.1) is 0 Å². The molecule has 0 bridgehead atoms. The summed E-state index contributed by atoms with van der Waals surface area (Å²) in [5.74, 6) is 1.20. The first-order chi connectivity index (χ1) is 9.65. The maximum Gasteiger partial charge on any atom is 0.241 e. The number of aromatic nitrogens is 2. The predicted octanol–water partition coefficient (Wildman–Crippen LogP) is 2.06. The number of carbonyl (C=O) groups excluding carboxylic acids is 1.